The van der Waals surface area contributed by atoms with Gasteiger partial charge in [0, 0.05) is 18.4 Å². The normalized spacial score (nSPS) is 16.0. The summed E-state index contributed by atoms with van der Waals surface area (Å²) >= 11 is 1.37. The number of pyridine rings is 1. The van der Waals surface area contributed by atoms with Gasteiger partial charge >= 0.3 is 0 Å². The molecule has 5 rings (SSSR count). The summed E-state index contributed by atoms with van der Waals surface area (Å²) in [6.45, 7) is 3.55. The van der Waals surface area contributed by atoms with Crippen LogP contribution in [0.15, 0.2) is 41.5 Å². The largest absolute Gasteiger partial charge is 0.346 e. The van der Waals surface area contributed by atoms with Crippen molar-refractivity contribution in [3.63, 3.8) is 0 Å². The number of hydrogen-bond donors (Lipinski definition) is 2. The fourth-order valence-electron chi connectivity index (χ4n) is 3.98. The lowest BCUT2D eigenvalue weighted by Crippen LogP contribution is -2.31. The molecule has 2 aliphatic heterocycles. The van der Waals surface area contributed by atoms with Crippen molar-refractivity contribution in [2.75, 3.05) is 30.3 Å². The number of aliphatic imine (C=N–C) groups is 1. The molecule has 7 heteroatoms. The van der Waals surface area contributed by atoms with Crippen LogP contribution in [0.4, 0.5) is 17.1 Å². The molecule has 0 bridgehead atoms. The molecule has 2 aliphatic rings. The minimum Gasteiger partial charge on any atom is -0.346 e. The van der Waals surface area contributed by atoms with Crippen LogP contribution in [0.3, 0.4) is 0 Å². The topological polar surface area (TPSA) is 69.6 Å². The van der Waals surface area contributed by atoms with Crippen LogP contribution in [0.25, 0.3) is 10.2 Å². The first kappa shape index (κ1) is 18.3. The second kappa shape index (κ2) is 7.93. The SMILES string of the molecule is O=C(Nc1ccc(CCN2CCCCC2)cc1)c1sc2nccc3c2c1N=CN3. The number of anilines is 2. The van der Waals surface area contributed by atoms with E-state index in [1.54, 1.807) is 12.5 Å². The number of carbonyl (C=O) groups excluding carboxylic acids is 1. The molecular weight excluding hydrogens is 382 g/mol. The third-order valence-electron chi connectivity index (χ3n) is 5.56. The van der Waals surface area contributed by atoms with Crippen molar-refractivity contribution in [1.29, 1.82) is 0 Å². The van der Waals surface area contributed by atoms with Crippen molar-refractivity contribution >= 4 is 50.9 Å². The highest BCUT2D eigenvalue weighted by molar-refractivity contribution is 7.21. The number of benzene rings is 1. The van der Waals surface area contributed by atoms with Crippen LogP contribution in [0.2, 0.25) is 0 Å². The third-order valence-corrected chi connectivity index (χ3v) is 6.65. The number of carbonyl (C=O) groups is 1. The van der Waals surface area contributed by atoms with Gasteiger partial charge in [0.2, 0.25) is 0 Å². The predicted molar refractivity (Wildman–Crippen MR) is 120 cm³/mol. The van der Waals surface area contributed by atoms with E-state index < -0.39 is 0 Å². The molecule has 29 heavy (non-hydrogen) atoms. The first-order valence-electron chi connectivity index (χ1n) is 10.1. The second-order valence-electron chi connectivity index (χ2n) is 7.52. The lowest BCUT2D eigenvalue weighted by molar-refractivity contribution is 0.103. The number of amides is 1. The lowest BCUT2D eigenvalue weighted by Gasteiger charge is -2.26. The van der Waals surface area contributed by atoms with E-state index in [0.29, 0.717) is 10.6 Å². The van der Waals surface area contributed by atoms with Crippen LogP contribution in [0, 0.1) is 0 Å². The zero-order chi connectivity index (χ0) is 19.6. The van der Waals surface area contributed by atoms with Crippen LogP contribution in [-0.2, 0) is 6.42 Å². The molecule has 148 valence electrons. The van der Waals surface area contributed by atoms with Gasteiger partial charge in [-0.2, -0.15) is 0 Å². The Bertz CT molecular complexity index is 1070. The number of piperidine rings is 1. The summed E-state index contributed by atoms with van der Waals surface area (Å²) in [5.74, 6) is -0.144. The minimum absolute atomic E-state index is 0.144. The molecule has 2 aromatic heterocycles. The highest BCUT2D eigenvalue weighted by atomic mass is 32.1. The van der Waals surface area contributed by atoms with Crippen molar-refractivity contribution in [1.82, 2.24) is 9.88 Å². The van der Waals surface area contributed by atoms with Crippen molar-refractivity contribution in [3.05, 3.63) is 47.0 Å². The Morgan fingerprint density at radius 2 is 1.97 bits per heavy atom. The maximum atomic E-state index is 12.9. The second-order valence-corrected chi connectivity index (χ2v) is 8.52. The van der Waals surface area contributed by atoms with Gasteiger partial charge in [-0.3, -0.25) is 4.79 Å². The van der Waals surface area contributed by atoms with Crippen LogP contribution >= 0.6 is 11.3 Å². The molecule has 1 saturated heterocycles. The van der Waals surface area contributed by atoms with Gasteiger partial charge in [0.05, 0.1) is 23.1 Å². The highest BCUT2D eigenvalue weighted by Crippen LogP contribution is 2.42. The maximum Gasteiger partial charge on any atom is 0.268 e. The van der Waals surface area contributed by atoms with Gasteiger partial charge in [0.15, 0.2) is 0 Å². The predicted octanol–water partition coefficient (Wildman–Crippen LogP) is 4.66. The van der Waals surface area contributed by atoms with Crippen molar-refractivity contribution in [3.8, 4) is 0 Å². The molecule has 1 fully saturated rings. The van der Waals surface area contributed by atoms with Gasteiger partial charge in [-0.15, -0.1) is 11.3 Å². The Balaban J connectivity index is 1.27. The van der Waals surface area contributed by atoms with Crippen LogP contribution < -0.4 is 10.6 Å². The molecule has 0 unspecified atom stereocenters. The average molecular weight is 406 g/mol. The molecule has 0 radical (unpaired) electrons. The molecular formula is C22H23N5OS. The summed E-state index contributed by atoms with van der Waals surface area (Å²) in [5.41, 5.74) is 3.73. The number of aromatic nitrogens is 1. The molecule has 1 amide bonds. The van der Waals surface area contributed by atoms with E-state index in [1.807, 2.05) is 18.2 Å². The van der Waals surface area contributed by atoms with Crippen molar-refractivity contribution in [2.45, 2.75) is 25.7 Å². The Labute approximate surface area is 173 Å². The van der Waals surface area contributed by atoms with E-state index in [9.17, 15) is 4.79 Å². The number of likely N-dealkylation sites (tertiary alicyclic amines) is 1. The van der Waals surface area contributed by atoms with Gasteiger partial charge in [0.25, 0.3) is 5.91 Å². The van der Waals surface area contributed by atoms with Gasteiger partial charge < -0.3 is 15.5 Å². The Kier molecular flexibility index (Phi) is 4.99. The van der Waals surface area contributed by atoms with E-state index in [4.69, 9.17) is 0 Å². The third kappa shape index (κ3) is 3.75. The summed E-state index contributed by atoms with van der Waals surface area (Å²) in [7, 11) is 0. The number of nitrogens with zero attached hydrogens (tertiary/aromatic N) is 3. The highest BCUT2D eigenvalue weighted by Gasteiger charge is 2.22. The monoisotopic (exact) mass is 405 g/mol. The Hall–Kier alpha value is -2.77. The average Bonchev–Trinajstić information content (AvgIpc) is 3.15. The number of hydrogen-bond acceptors (Lipinski definition) is 6. The van der Waals surface area contributed by atoms with Crippen LogP contribution in [-0.4, -0.2) is 41.8 Å². The molecule has 0 spiro atoms. The number of thiophene rings is 1. The van der Waals surface area contributed by atoms with E-state index in [2.05, 4.69) is 37.6 Å². The minimum atomic E-state index is -0.144. The van der Waals surface area contributed by atoms with Crippen LogP contribution in [0.5, 0.6) is 0 Å². The molecule has 2 N–H and O–H groups in total. The first-order valence-corrected chi connectivity index (χ1v) is 10.9. The molecule has 4 heterocycles. The lowest BCUT2D eigenvalue weighted by atomic mass is 10.1. The van der Waals surface area contributed by atoms with Gasteiger partial charge in [-0.05, 0) is 56.1 Å². The molecule has 6 nitrogen and oxygen atoms in total. The van der Waals surface area contributed by atoms with Gasteiger partial charge in [0.1, 0.15) is 9.71 Å². The molecule has 0 saturated carbocycles. The van der Waals surface area contributed by atoms with Gasteiger partial charge in [-0.25, -0.2) is 9.98 Å². The Morgan fingerprint density at radius 1 is 1.14 bits per heavy atom. The molecule has 0 aliphatic carbocycles. The zero-order valence-electron chi connectivity index (χ0n) is 16.1. The summed E-state index contributed by atoms with van der Waals surface area (Å²) < 4.78 is 0. The molecule has 1 aromatic carbocycles. The summed E-state index contributed by atoms with van der Waals surface area (Å²) in [6, 6.07) is 10.1. The smallest absolute Gasteiger partial charge is 0.268 e. The van der Waals surface area contributed by atoms with E-state index in [1.165, 1.54) is 49.3 Å². The number of nitrogens with one attached hydrogen (secondary N) is 2. The zero-order valence-corrected chi connectivity index (χ0v) is 17.0. The van der Waals surface area contributed by atoms with E-state index in [-0.39, 0.29) is 5.91 Å². The van der Waals surface area contributed by atoms with Gasteiger partial charge in [-0.1, -0.05) is 18.6 Å². The van der Waals surface area contributed by atoms with E-state index >= 15 is 0 Å². The summed E-state index contributed by atoms with van der Waals surface area (Å²) in [5, 5.41) is 7.03. The van der Waals surface area contributed by atoms with Crippen LogP contribution in [0.1, 0.15) is 34.5 Å². The quantitative estimate of drug-likeness (QED) is 0.648. The summed E-state index contributed by atoms with van der Waals surface area (Å²) in [6.07, 6.45) is 8.42. The summed E-state index contributed by atoms with van der Waals surface area (Å²) in [4.78, 5) is 25.6. The fourth-order valence-corrected chi connectivity index (χ4v) is 4.99. The first-order chi connectivity index (χ1) is 14.3. The Morgan fingerprint density at radius 3 is 2.79 bits per heavy atom. The number of rotatable bonds is 5. The van der Waals surface area contributed by atoms with E-state index in [0.717, 1.165) is 34.6 Å². The molecule has 0 atom stereocenters. The molecule has 3 aromatic rings. The van der Waals surface area contributed by atoms with Crippen molar-refractivity contribution in [2.24, 2.45) is 4.99 Å². The van der Waals surface area contributed by atoms with Crippen molar-refractivity contribution < 1.29 is 4.79 Å². The standard InChI is InChI=1S/C22H23N5OS/c28-21(20-19-18-17(24-14-25-19)8-10-23-22(18)29-20)26-16-6-4-15(5-7-16)9-13-27-11-2-1-3-12-27/h4-8,10,14H,1-3,9,11-13H2,(H,24,25)(H,26,28). The fraction of sp³-hybridized carbons (Fsp3) is 0.318. The maximum absolute atomic E-state index is 12.9.